The summed E-state index contributed by atoms with van der Waals surface area (Å²) in [6.07, 6.45) is 0.376. The third kappa shape index (κ3) is 3.06. The molecule has 0 saturated heterocycles. The second-order valence-electron chi connectivity index (χ2n) is 5.31. The van der Waals surface area contributed by atoms with Crippen molar-refractivity contribution in [3.05, 3.63) is 46.2 Å². The van der Waals surface area contributed by atoms with E-state index in [1.807, 2.05) is 42.8 Å². The van der Waals surface area contributed by atoms with Crippen molar-refractivity contribution in [2.45, 2.75) is 39.3 Å². The normalized spacial score (nSPS) is 14.0. The zero-order chi connectivity index (χ0) is 15.6. The van der Waals surface area contributed by atoms with Crippen molar-refractivity contribution in [2.24, 2.45) is 0 Å². The maximum atomic E-state index is 10.9. The molecule has 114 valence electrons. The summed E-state index contributed by atoms with van der Waals surface area (Å²) >= 11 is 6.33. The predicted octanol–water partition coefficient (Wildman–Crippen LogP) is 3.32. The molecule has 1 aromatic heterocycles. The lowest BCUT2D eigenvalue weighted by atomic mass is 9.90. The molecule has 1 heterocycles. The lowest BCUT2D eigenvalue weighted by Gasteiger charge is -2.26. The minimum Gasteiger partial charge on any atom is -0.496 e. The van der Waals surface area contributed by atoms with E-state index < -0.39 is 5.60 Å². The van der Waals surface area contributed by atoms with E-state index in [4.69, 9.17) is 16.3 Å². The van der Waals surface area contributed by atoms with E-state index in [0.29, 0.717) is 23.7 Å². The first-order valence-corrected chi connectivity index (χ1v) is 7.36. The summed E-state index contributed by atoms with van der Waals surface area (Å²) in [7, 11) is 1.60. The van der Waals surface area contributed by atoms with Crippen molar-refractivity contribution in [3.63, 3.8) is 0 Å². The van der Waals surface area contributed by atoms with Crippen LogP contribution in [0.4, 0.5) is 0 Å². The van der Waals surface area contributed by atoms with E-state index in [2.05, 4.69) is 5.10 Å². The highest BCUT2D eigenvalue weighted by Crippen LogP contribution is 2.34. The summed E-state index contributed by atoms with van der Waals surface area (Å²) in [6.45, 7) is 6.36. The number of rotatable bonds is 5. The molecule has 4 nitrogen and oxygen atoms in total. The van der Waals surface area contributed by atoms with Crippen molar-refractivity contribution in [1.82, 2.24) is 9.78 Å². The summed E-state index contributed by atoms with van der Waals surface area (Å²) in [5, 5.41) is 15.9. The van der Waals surface area contributed by atoms with Crippen molar-refractivity contribution in [1.29, 1.82) is 0 Å². The molecule has 21 heavy (non-hydrogen) atoms. The van der Waals surface area contributed by atoms with Crippen LogP contribution in [0.5, 0.6) is 5.75 Å². The van der Waals surface area contributed by atoms with Crippen LogP contribution in [0.2, 0.25) is 5.02 Å². The van der Waals surface area contributed by atoms with Crippen molar-refractivity contribution in [2.75, 3.05) is 7.11 Å². The molecule has 0 amide bonds. The van der Waals surface area contributed by atoms with Crippen LogP contribution >= 0.6 is 11.6 Å². The molecular formula is C16H21ClN2O2. The molecule has 0 saturated carbocycles. The number of hydrogen-bond acceptors (Lipinski definition) is 3. The standard InChI is InChI=1S/C16H21ClN2O2/c1-5-19-13(15(17)11(2)18-19)10-16(3,20)12-8-6-7-9-14(12)21-4/h6-9,20H,5,10H2,1-4H3. The quantitative estimate of drug-likeness (QED) is 0.921. The molecule has 1 atom stereocenters. The third-order valence-electron chi connectivity index (χ3n) is 3.65. The Bertz CT molecular complexity index is 635. The van der Waals surface area contributed by atoms with E-state index in [-0.39, 0.29) is 0 Å². The highest BCUT2D eigenvalue weighted by molar-refractivity contribution is 6.31. The Kier molecular flexibility index (Phi) is 4.59. The van der Waals surface area contributed by atoms with Crippen LogP contribution in [0.25, 0.3) is 0 Å². The lowest BCUT2D eigenvalue weighted by Crippen LogP contribution is -2.26. The first kappa shape index (κ1) is 15.9. The number of hydrogen-bond donors (Lipinski definition) is 1. The van der Waals surface area contributed by atoms with Gasteiger partial charge in [0.05, 0.1) is 29.1 Å². The molecule has 0 fully saturated rings. The first-order chi connectivity index (χ1) is 9.90. The highest BCUT2D eigenvalue weighted by atomic mass is 35.5. The summed E-state index contributed by atoms with van der Waals surface area (Å²) < 4.78 is 7.18. The lowest BCUT2D eigenvalue weighted by molar-refractivity contribution is 0.0528. The number of methoxy groups -OCH3 is 1. The fourth-order valence-electron chi connectivity index (χ4n) is 2.55. The molecule has 0 aliphatic heterocycles. The number of ether oxygens (including phenoxy) is 1. The molecule has 2 rings (SSSR count). The topological polar surface area (TPSA) is 47.3 Å². The van der Waals surface area contributed by atoms with Gasteiger partial charge in [-0.05, 0) is 26.8 Å². The van der Waals surface area contributed by atoms with Crippen molar-refractivity contribution in [3.8, 4) is 5.75 Å². The van der Waals surface area contributed by atoms with Gasteiger partial charge >= 0.3 is 0 Å². The van der Waals surface area contributed by atoms with Gasteiger partial charge in [0.15, 0.2) is 0 Å². The van der Waals surface area contributed by atoms with Gasteiger partial charge in [0.2, 0.25) is 0 Å². The summed E-state index contributed by atoms with van der Waals surface area (Å²) in [5.74, 6) is 0.665. The van der Waals surface area contributed by atoms with E-state index in [1.54, 1.807) is 14.0 Å². The van der Waals surface area contributed by atoms with Crippen LogP contribution in [-0.2, 0) is 18.6 Å². The summed E-state index contributed by atoms with van der Waals surface area (Å²) in [6, 6.07) is 7.47. The fourth-order valence-corrected chi connectivity index (χ4v) is 2.75. The molecule has 5 heteroatoms. The first-order valence-electron chi connectivity index (χ1n) is 6.98. The van der Waals surface area contributed by atoms with Crippen LogP contribution in [0.1, 0.15) is 30.8 Å². The van der Waals surface area contributed by atoms with E-state index in [1.165, 1.54) is 0 Å². The largest absolute Gasteiger partial charge is 0.496 e. The zero-order valence-corrected chi connectivity index (χ0v) is 13.6. The maximum Gasteiger partial charge on any atom is 0.124 e. The number of aryl methyl sites for hydroxylation is 2. The molecule has 1 aromatic carbocycles. The zero-order valence-electron chi connectivity index (χ0n) is 12.9. The van der Waals surface area contributed by atoms with Crippen LogP contribution in [-0.4, -0.2) is 22.0 Å². The molecule has 0 aliphatic carbocycles. The van der Waals surface area contributed by atoms with Gasteiger partial charge in [-0.25, -0.2) is 0 Å². The minimum atomic E-state index is -1.09. The van der Waals surface area contributed by atoms with Crippen LogP contribution in [0.3, 0.4) is 0 Å². The predicted molar refractivity (Wildman–Crippen MR) is 83.9 cm³/mol. The Morgan fingerprint density at radius 1 is 1.38 bits per heavy atom. The van der Waals surface area contributed by atoms with E-state index in [9.17, 15) is 5.11 Å². The Morgan fingerprint density at radius 3 is 2.67 bits per heavy atom. The van der Waals surface area contributed by atoms with E-state index in [0.717, 1.165) is 17.0 Å². The van der Waals surface area contributed by atoms with Gasteiger partial charge in [0.25, 0.3) is 0 Å². The second kappa shape index (κ2) is 6.08. The molecule has 2 aromatic rings. The molecule has 1 unspecified atom stereocenters. The molecule has 1 N–H and O–H groups in total. The Morgan fingerprint density at radius 2 is 2.05 bits per heavy atom. The van der Waals surface area contributed by atoms with Gasteiger partial charge in [-0.2, -0.15) is 5.10 Å². The molecule has 0 bridgehead atoms. The van der Waals surface area contributed by atoms with Crippen molar-refractivity contribution >= 4 is 11.6 Å². The van der Waals surface area contributed by atoms with E-state index >= 15 is 0 Å². The molecule has 0 aliphatic rings. The smallest absolute Gasteiger partial charge is 0.124 e. The SMILES string of the molecule is CCn1nc(C)c(Cl)c1CC(C)(O)c1ccccc1OC. The van der Waals surface area contributed by atoms with Crippen LogP contribution < -0.4 is 4.74 Å². The van der Waals surface area contributed by atoms with Gasteiger partial charge in [-0.3, -0.25) is 4.68 Å². The maximum absolute atomic E-state index is 10.9. The minimum absolute atomic E-state index is 0.376. The Balaban J connectivity index is 2.42. The number of aromatic nitrogens is 2. The molecule has 0 radical (unpaired) electrons. The van der Waals surface area contributed by atoms with Gasteiger partial charge < -0.3 is 9.84 Å². The van der Waals surface area contributed by atoms with Crippen LogP contribution in [0.15, 0.2) is 24.3 Å². The number of aliphatic hydroxyl groups is 1. The Hall–Kier alpha value is -1.52. The third-order valence-corrected chi connectivity index (χ3v) is 4.14. The number of para-hydroxylation sites is 1. The summed E-state index contributed by atoms with van der Waals surface area (Å²) in [5.41, 5.74) is 1.28. The number of benzene rings is 1. The van der Waals surface area contributed by atoms with Gasteiger partial charge in [-0.15, -0.1) is 0 Å². The molecule has 0 spiro atoms. The van der Waals surface area contributed by atoms with Gasteiger partial charge in [-0.1, -0.05) is 29.8 Å². The van der Waals surface area contributed by atoms with Gasteiger partial charge in [0.1, 0.15) is 5.75 Å². The fraction of sp³-hybridized carbons (Fsp3) is 0.438. The highest BCUT2D eigenvalue weighted by Gasteiger charge is 2.30. The second-order valence-corrected chi connectivity index (χ2v) is 5.69. The summed E-state index contributed by atoms with van der Waals surface area (Å²) in [4.78, 5) is 0. The van der Waals surface area contributed by atoms with Crippen molar-refractivity contribution < 1.29 is 9.84 Å². The molecular weight excluding hydrogens is 288 g/mol. The monoisotopic (exact) mass is 308 g/mol. The average Bonchev–Trinajstić information content (AvgIpc) is 2.74. The van der Waals surface area contributed by atoms with Crippen LogP contribution in [0, 0.1) is 6.92 Å². The van der Waals surface area contributed by atoms with Gasteiger partial charge in [0, 0.05) is 18.5 Å². The Labute approximate surface area is 130 Å². The number of nitrogens with zero attached hydrogens (tertiary/aromatic N) is 2. The average molecular weight is 309 g/mol. The number of halogens is 1.